The molecule has 0 unspecified atom stereocenters. The van der Waals surface area contributed by atoms with E-state index in [0.717, 1.165) is 5.56 Å². The number of hydrogen-bond acceptors (Lipinski definition) is 7. The average molecular weight is 418 g/mol. The SMILES string of the molecule is C=CCC1=C[C@@]2(OC)[C@H](C)[C@@H](c3cc(OC)c(OC)c(OC)c3)O[C@]2(OC)CC1=O. The molecule has 3 rings (SSSR count). The zero-order valence-corrected chi connectivity index (χ0v) is 18.4. The molecule has 1 fully saturated rings. The number of ether oxygens (including phenoxy) is 6. The standard InChI is InChI=1S/C23H30O7/c1-8-9-15-12-22(28-6)14(2)20(30-23(22,29-7)13-17(15)24)16-10-18(25-3)21(27-5)19(11-16)26-4/h8,10-12,14,20H,1,9,13H2,2-7H3/t14-,20+,22-,23-/m1/s1. The third-order valence-corrected chi connectivity index (χ3v) is 6.23. The number of carbonyl (C=O) groups is 1. The Morgan fingerprint density at radius 3 is 2.20 bits per heavy atom. The molecule has 1 saturated heterocycles. The maximum absolute atomic E-state index is 12.8. The summed E-state index contributed by atoms with van der Waals surface area (Å²) in [6, 6.07) is 3.70. The monoisotopic (exact) mass is 418 g/mol. The molecule has 1 aliphatic carbocycles. The van der Waals surface area contributed by atoms with Crippen LogP contribution in [0.25, 0.3) is 0 Å². The van der Waals surface area contributed by atoms with E-state index in [1.165, 1.54) is 7.11 Å². The zero-order chi connectivity index (χ0) is 22.1. The van der Waals surface area contributed by atoms with Crippen LogP contribution in [0, 0.1) is 5.92 Å². The van der Waals surface area contributed by atoms with Gasteiger partial charge in [0.15, 0.2) is 17.3 Å². The molecule has 0 N–H and O–H groups in total. The summed E-state index contributed by atoms with van der Waals surface area (Å²) in [5, 5.41) is 0. The number of methoxy groups -OCH3 is 5. The molecule has 7 heteroatoms. The van der Waals surface area contributed by atoms with Gasteiger partial charge in [-0.25, -0.2) is 0 Å². The molecule has 1 aromatic rings. The third-order valence-electron chi connectivity index (χ3n) is 6.23. The Morgan fingerprint density at radius 1 is 1.10 bits per heavy atom. The van der Waals surface area contributed by atoms with Crippen molar-refractivity contribution in [2.75, 3.05) is 35.5 Å². The number of carbonyl (C=O) groups excluding carboxylic acids is 1. The molecule has 2 aliphatic rings. The van der Waals surface area contributed by atoms with Crippen LogP contribution in [0.3, 0.4) is 0 Å². The molecule has 0 amide bonds. The summed E-state index contributed by atoms with van der Waals surface area (Å²) >= 11 is 0. The first kappa shape index (κ1) is 22.3. The fourth-order valence-electron chi connectivity index (χ4n) is 4.69. The molecule has 7 nitrogen and oxygen atoms in total. The third kappa shape index (κ3) is 3.12. The van der Waals surface area contributed by atoms with E-state index < -0.39 is 17.5 Å². The predicted molar refractivity (Wildman–Crippen MR) is 111 cm³/mol. The summed E-state index contributed by atoms with van der Waals surface area (Å²) in [6.45, 7) is 5.78. The van der Waals surface area contributed by atoms with Crippen molar-refractivity contribution >= 4 is 5.78 Å². The van der Waals surface area contributed by atoms with Gasteiger partial charge >= 0.3 is 0 Å². The van der Waals surface area contributed by atoms with Crippen molar-refractivity contribution in [3.8, 4) is 17.2 Å². The van der Waals surface area contributed by atoms with Crippen molar-refractivity contribution in [2.24, 2.45) is 5.92 Å². The minimum absolute atomic E-state index is 0.0397. The number of benzene rings is 1. The van der Waals surface area contributed by atoms with Gasteiger partial charge in [-0.15, -0.1) is 6.58 Å². The molecular weight excluding hydrogens is 388 g/mol. The lowest BCUT2D eigenvalue weighted by Gasteiger charge is -2.44. The Balaban J connectivity index is 2.15. The highest BCUT2D eigenvalue weighted by Gasteiger charge is 2.67. The Hall–Kier alpha value is -2.35. The number of fused-ring (bicyclic) bond motifs is 1. The van der Waals surface area contributed by atoms with Crippen molar-refractivity contribution in [3.05, 3.63) is 42.0 Å². The molecule has 0 saturated carbocycles. The van der Waals surface area contributed by atoms with Gasteiger partial charge in [0, 0.05) is 20.1 Å². The number of ketones is 1. The lowest BCUT2D eigenvalue weighted by molar-refractivity contribution is -0.274. The van der Waals surface area contributed by atoms with Crippen LogP contribution in [0.1, 0.15) is 31.4 Å². The maximum atomic E-state index is 12.8. The van der Waals surface area contributed by atoms with Crippen LogP contribution in [0.15, 0.2) is 36.4 Å². The Kier molecular flexibility index (Phi) is 6.26. The number of rotatable bonds is 8. The van der Waals surface area contributed by atoms with Gasteiger partial charge in [-0.3, -0.25) is 4.79 Å². The van der Waals surface area contributed by atoms with Crippen LogP contribution in [-0.4, -0.2) is 52.7 Å². The van der Waals surface area contributed by atoms with Crippen molar-refractivity contribution in [3.63, 3.8) is 0 Å². The fraction of sp³-hybridized carbons (Fsp3) is 0.522. The highest BCUT2D eigenvalue weighted by molar-refractivity contribution is 5.98. The summed E-state index contributed by atoms with van der Waals surface area (Å²) in [5.74, 6) is 0.0794. The summed E-state index contributed by atoms with van der Waals surface area (Å²) in [5.41, 5.74) is 0.518. The average Bonchev–Trinajstić information content (AvgIpc) is 3.01. The first-order valence-corrected chi connectivity index (χ1v) is 9.80. The smallest absolute Gasteiger partial charge is 0.209 e. The van der Waals surface area contributed by atoms with Gasteiger partial charge in [-0.2, -0.15) is 0 Å². The lowest BCUT2D eigenvalue weighted by atomic mass is 9.72. The molecular formula is C23H30O7. The molecule has 0 bridgehead atoms. The van der Waals surface area contributed by atoms with E-state index in [-0.39, 0.29) is 18.1 Å². The molecule has 164 valence electrons. The number of hydrogen-bond donors (Lipinski definition) is 0. The molecule has 1 aliphatic heterocycles. The van der Waals surface area contributed by atoms with Gasteiger partial charge in [0.2, 0.25) is 11.5 Å². The van der Waals surface area contributed by atoms with E-state index in [4.69, 9.17) is 28.4 Å². The lowest BCUT2D eigenvalue weighted by Crippen LogP contribution is -2.58. The second-order valence-corrected chi connectivity index (χ2v) is 7.50. The fourth-order valence-corrected chi connectivity index (χ4v) is 4.69. The largest absolute Gasteiger partial charge is 0.493 e. The quantitative estimate of drug-likeness (QED) is 0.597. The normalized spacial score (nSPS) is 30.5. The Labute approximate surface area is 177 Å². The van der Waals surface area contributed by atoms with Crippen LogP contribution in [0.5, 0.6) is 17.2 Å². The van der Waals surface area contributed by atoms with Gasteiger partial charge in [0.05, 0.1) is 33.9 Å². The molecule has 30 heavy (non-hydrogen) atoms. The summed E-state index contributed by atoms with van der Waals surface area (Å²) in [7, 11) is 7.84. The van der Waals surface area contributed by atoms with Crippen molar-refractivity contribution in [1.29, 1.82) is 0 Å². The van der Waals surface area contributed by atoms with Gasteiger partial charge < -0.3 is 28.4 Å². The number of allylic oxidation sites excluding steroid dienone is 2. The minimum atomic E-state index is -1.24. The molecule has 4 atom stereocenters. The second-order valence-electron chi connectivity index (χ2n) is 7.50. The topological polar surface area (TPSA) is 72.5 Å². The molecule has 1 heterocycles. The van der Waals surface area contributed by atoms with E-state index in [9.17, 15) is 4.79 Å². The van der Waals surface area contributed by atoms with Crippen LogP contribution in [0.4, 0.5) is 0 Å². The van der Waals surface area contributed by atoms with Gasteiger partial charge in [-0.1, -0.05) is 13.0 Å². The zero-order valence-electron chi connectivity index (χ0n) is 18.4. The summed E-state index contributed by atoms with van der Waals surface area (Å²) < 4.78 is 34.8. The summed E-state index contributed by atoms with van der Waals surface area (Å²) in [4.78, 5) is 12.8. The van der Waals surface area contributed by atoms with Gasteiger partial charge in [-0.05, 0) is 35.8 Å². The van der Waals surface area contributed by atoms with E-state index in [1.807, 2.05) is 25.1 Å². The number of Topliss-reactive ketones (excluding diaryl/α,β-unsaturated/α-hetero) is 1. The minimum Gasteiger partial charge on any atom is -0.493 e. The van der Waals surface area contributed by atoms with Crippen molar-refractivity contribution in [1.82, 2.24) is 0 Å². The first-order valence-electron chi connectivity index (χ1n) is 9.80. The Morgan fingerprint density at radius 2 is 1.73 bits per heavy atom. The van der Waals surface area contributed by atoms with E-state index in [1.54, 1.807) is 34.5 Å². The highest BCUT2D eigenvalue weighted by atomic mass is 16.7. The van der Waals surface area contributed by atoms with Crippen LogP contribution < -0.4 is 14.2 Å². The highest BCUT2D eigenvalue weighted by Crippen LogP contribution is 2.58. The van der Waals surface area contributed by atoms with Crippen LogP contribution in [-0.2, 0) is 19.0 Å². The van der Waals surface area contributed by atoms with E-state index in [0.29, 0.717) is 29.2 Å². The van der Waals surface area contributed by atoms with Crippen molar-refractivity contribution < 1.29 is 33.2 Å². The molecule has 0 radical (unpaired) electrons. The van der Waals surface area contributed by atoms with E-state index >= 15 is 0 Å². The molecule has 1 aromatic carbocycles. The van der Waals surface area contributed by atoms with Gasteiger partial charge in [0.25, 0.3) is 0 Å². The maximum Gasteiger partial charge on any atom is 0.209 e. The summed E-state index contributed by atoms with van der Waals surface area (Å²) in [6.07, 6.45) is 3.65. The first-order chi connectivity index (χ1) is 14.4. The van der Waals surface area contributed by atoms with Crippen LogP contribution >= 0.6 is 0 Å². The van der Waals surface area contributed by atoms with Crippen molar-refractivity contribution in [2.45, 2.75) is 37.3 Å². The molecule has 0 spiro atoms. The second kappa shape index (κ2) is 8.41. The predicted octanol–water partition coefficient (Wildman–Crippen LogP) is 3.62. The van der Waals surface area contributed by atoms with Crippen LogP contribution in [0.2, 0.25) is 0 Å². The Bertz CT molecular complexity index is 836. The molecule has 0 aromatic heterocycles. The van der Waals surface area contributed by atoms with Gasteiger partial charge in [0.1, 0.15) is 5.60 Å². The van der Waals surface area contributed by atoms with E-state index in [2.05, 4.69) is 6.58 Å².